The molecule has 7 saturated carbocycles. The molecule has 8 aliphatic rings. The summed E-state index contributed by atoms with van der Waals surface area (Å²) in [5.74, 6) is 4.69. The number of rotatable bonds is 7. The largest absolute Gasteiger partial charge is 0.457 e. The molecule has 0 heterocycles. The van der Waals surface area contributed by atoms with Gasteiger partial charge in [-0.15, -0.1) is 0 Å². The van der Waals surface area contributed by atoms with Gasteiger partial charge in [0.1, 0.15) is 11.5 Å². The number of anilines is 3. The second-order valence-electron chi connectivity index (χ2n) is 17.2. The zero-order valence-corrected chi connectivity index (χ0v) is 30.4. The first-order valence-electron chi connectivity index (χ1n) is 19.4. The van der Waals surface area contributed by atoms with Crippen LogP contribution in [0.15, 0.2) is 140 Å². The summed E-state index contributed by atoms with van der Waals surface area (Å²) in [4.78, 5) is 2.43. The molecule has 0 aromatic heterocycles. The highest BCUT2D eigenvalue weighted by Gasteiger charge is 2.81. The van der Waals surface area contributed by atoms with Crippen LogP contribution < -0.4 is 9.64 Å². The third-order valence-corrected chi connectivity index (χ3v) is 14.4. The van der Waals surface area contributed by atoms with E-state index in [4.69, 9.17) is 4.74 Å². The Hall–Kier alpha value is -5.08. The number of benzene rings is 6. The van der Waals surface area contributed by atoms with Gasteiger partial charge in [-0.2, -0.15) is 0 Å². The summed E-state index contributed by atoms with van der Waals surface area (Å²) >= 11 is 0. The van der Waals surface area contributed by atoms with E-state index >= 15 is 0 Å². The molecule has 2 nitrogen and oxygen atoms in total. The van der Waals surface area contributed by atoms with Crippen molar-refractivity contribution in [1.29, 1.82) is 0 Å². The lowest BCUT2D eigenvalue weighted by atomic mass is 9.19. The average Bonchev–Trinajstić information content (AvgIpc) is 3.39. The van der Waals surface area contributed by atoms with Crippen LogP contribution in [0.1, 0.15) is 68.2 Å². The van der Waals surface area contributed by atoms with Crippen molar-refractivity contribution in [2.45, 2.75) is 63.7 Å². The molecule has 0 amide bonds. The summed E-state index contributed by atoms with van der Waals surface area (Å²) in [6.45, 7) is 6.93. The summed E-state index contributed by atoms with van der Waals surface area (Å²) in [7, 11) is 0. The molecule has 2 heteroatoms. The third-order valence-electron chi connectivity index (χ3n) is 14.4. The van der Waals surface area contributed by atoms with Gasteiger partial charge in [-0.05, 0) is 150 Å². The Bertz CT molecular complexity index is 2380. The maximum atomic E-state index is 7.00. The molecule has 256 valence electrons. The Morgan fingerprint density at radius 1 is 0.538 bits per heavy atom. The van der Waals surface area contributed by atoms with Crippen molar-refractivity contribution in [2.24, 2.45) is 23.2 Å². The highest BCUT2D eigenvalue weighted by atomic mass is 16.5. The lowest BCUT2D eigenvalue weighted by molar-refractivity contribution is -0.305. The molecule has 0 aliphatic heterocycles. The number of hydrogen-bond donors (Lipinski definition) is 0. The average molecular weight is 676 g/mol. The Labute approximate surface area is 308 Å². The molecule has 0 radical (unpaired) electrons. The molecule has 52 heavy (non-hydrogen) atoms. The van der Waals surface area contributed by atoms with Crippen LogP contribution in [0.5, 0.6) is 11.5 Å². The topological polar surface area (TPSA) is 12.5 Å². The van der Waals surface area contributed by atoms with E-state index < -0.39 is 0 Å². The lowest BCUT2D eigenvalue weighted by Crippen LogP contribution is -2.80. The van der Waals surface area contributed by atoms with Gasteiger partial charge in [0.2, 0.25) is 0 Å². The smallest absolute Gasteiger partial charge is 0.131 e. The molecular weight excluding hydrogens is 631 g/mol. The van der Waals surface area contributed by atoms with Crippen LogP contribution in [0.4, 0.5) is 17.1 Å². The number of fused-ring (bicyclic) bond motifs is 3. The van der Waals surface area contributed by atoms with Crippen molar-refractivity contribution < 1.29 is 4.74 Å². The van der Waals surface area contributed by atoms with E-state index in [2.05, 4.69) is 165 Å². The zero-order valence-electron chi connectivity index (χ0n) is 30.4. The number of aryl methyl sites for hydroxylation is 1. The molecule has 0 saturated heterocycles. The molecule has 5 bridgehead atoms. The van der Waals surface area contributed by atoms with Crippen LogP contribution in [-0.4, -0.2) is 0 Å². The van der Waals surface area contributed by atoms with E-state index in [1.807, 2.05) is 0 Å². The van der Waals surface area contributed by atoms with E-state index in [1.165, 1.54) is 71.0 Å². The van der Waals surface area contributed by atoms with Gasteiger partial charge < -0.3 is 9.64 Å². The van der Waals surface area contributed by atoms with E-state index in [-0.39, 0.29) is 5.41 Å². The second-order valence-corrected chi connectivity index (χ2v) is 17.2. The van der Waals surface area contributed by atoms with Crippen LogP contribution in [-0.2, 0) is 10.8 Å². The zero-order chi connectivity index (χ0) is 34.8. The van der Waals surface area contributed by atoms with Gasteiger partial charge in [-0.3, -0.25) is 0 Å². The fraction of sp³-hybridized carbons (Fsp3) is 0.280. The van der Waals surface area contributed by atoms with Crippen LogP contribution >= 0.6 is 0 Å². The molecule has 6 aromatic rings. The molecule has 14 rings (SSSR count). The van der Waals surface area contributed by atoms with Gasteiger partial charge in [-0.1, -0.05) is 105 Å². The first-order valence-corrected chi connectivity index (χ1v) is 19.4. The molecular formula is C50H45NO. The normalized spacial score (nSPS) is 26.5. The lowest BCUT2D eigenvalue weighted by Gasteiger charge is -2.84. The summed E-state index contributed by atoms with van der Waals surface area (Å²) in [6, 6.07) is 51.5. The Kier molecular flexibility index (Phi) is 6.30. The summed E-state index contributed by atoms with van der Waals surface area (Å²) in [5, 5.41) is 0. The predicted octanol–water partition coefficient (Wildman–Crippen LogP) is 13.3. The second kappa shape index (κ2) is 10.7. The quantitative estimate of drug-likeness (QED) is 0.167. The minimum Gasteiger partial charge on any atom is -0.457 e. The van der Waals surface area contributed by atoms with Crippen LogP contribution in [0, 0.1) is 30.1 Å². The summed E-state index contributed by atoms with van der Waals surface area (Å²) in [5.41, 5.74) is 14.7. The molecule has 8 aliphatic carbocycles. The Morgan fingerprint density at radius 2 is 1.19 bits per heavy atom. The van der Waals surface area contributed by atoms with Gasteiger partial charge in [0.15, 0.2) is 0 Å². The monoisotopic (exact) mass is 675 g/mol. The van der Waals surface area contributed by atoms with Crippen LogP contribution in [0.2, 0.25) is 0 Å². The van der Waals surface area contributed by atoms with Crippen molar-refractivity contribution in [3.63, 3.8) is 0 Å². The molecule has 1 spiro atoms. The third kappa shape index (κ3) is 4.01. The van der Waals surface area contributed by atoms with E-state index in [0.29, 0.717) is 10.8 Å². The minimum absolute atomic E-state index is 0.0850. The van der Waals surface area contributed by atoms with Gasteiger partial charge in [-0.25, -0.2) is 0 Å². The number of ether oxygens (including phenoxy) is 1. The van der Waals surface area contributed by atoms with Crippen molar-refractivity contribution in [1.82, 2.24) is 0 Å². The molecule has 3 unspecified atom stereocenters. The minimum atomic E-state index is -0.0850. The number of para-hydroxylation sites is 1. The number of hydrogen-bond acceptors (Lipinski definition) is 2. The highest BCUT2D eigenvalue weighted by molar-refractivity contribution is 5.86. The van der Waals surface area contributed by atoms with Crippen molar-refractivity contribution >= 4 is 17.1 Å². The molecule has 7 fully saturated rings. The van der Waals surface area contributed by atoms with E-state index in [9.17, 15) is 0 Å². The number of nitrogens with zero attached hydrogens (tertiary/aromatic N) is 1. The first kappa shape index (κ1) is 30.5. The Morgan fingerprint density at radius 3 is 1.98 bits per heavy atom. The predicted molar refractivity (Wildman–Crippen MR) is 213 cm³/mol. The van der Waals surface area contributed by atoms with Gasteiger partial charge in [0, 0.05) is 33.5 Å². The van der Waals surface area contributed by atoms with Gasteiger partial charge in [0.05, 0.1) is 0 Å². The Balaban J connectivity index is 0.996. The van der Waals surface area contributed by atoms with Crippen LogP contribution in [0.3, 0.4) is 0 Å². The standard InChI is InChI=1S/C50H45NO/c1-32-24-39(21-23-46(32)52-47-19-10-9-18-44(47)50-36-25-33-26-37(50)31-49(50,29-33)30-36)51(38-15-11-14-35(27-38)34-12-5-4-6-13-34)40-20-22-42-41-16-7-8-17-43(41)48(2,3)45(42)28-40/h4-24,27-28,33,36-37H,25-26,29-31H2,1-3H3/t33?,36-,37+,49?,50?. The van der Waals surface area contributed by atoms with Crippen molar-refractivity contribution in [3.05, 3.63) is 162 Å². The van der Waals surface area contributed by atoms with Gasteiger partial charge >= 0.3 is 0 Å². The fourth-order valence-corrected chi connectivity index (χ4v) is 12.5. The maximum Gasteiger partial charge on any atom is 0.131 e. The summed E-state index contributed by atoms with van der Waals surface area (Å²) < 4.78 is 7.00. The maximum absolute atomic E-state index is 7.00. The molecule has 0 N–H and O–H groups in total. The highest BCUT2D eigenvalue weighted by Crippen LogP contribution is 2.87. The fourth-order valence-electron chi connectivity index (χ4n) is 12.5. The van der Waals surface area contributed by atoms with Gasteiger partial charge in [0.25, 0.3) is 0 Å². The SMILES string of the molecule is Cc1cc(N(c2cccc(-c3ccccc3)c2)c2ccc3c(c2)C(C)(C)c2ccccc2-3)ccc1Oc1ccccc1C12[C@@H]3CC4C[C@H]1CC2(C4)C3. The summed E-state index contributed by atoms with van der Waals surface area (Å²) in [6.07, 6.45) is 7.17. The van der Waals surface area contributed by atoms with Crippen molar-refractivity contribution in [3.8, 4) is 33.8 Å². The van der Waals surface area contributed by atoms with E-state index in [0.717, 1.165) is 51.9 Å². The van der Waals surface area contributed by atoms with Crippen molar-refractivity contribution in [2.75, 3.05) is 4.90 Å². The first-order chi connectivity index (χ1) is 25.4. The molecule has 5 atom stereocenters. The molecule has 6 aromatic carbocycles. The van der Waals surface area contributed by atoms with Crippen LogP contribution in [0.25, 0.3) is 22.3 Å². The van der Waals surface area contributed by atoms with E-state index in [1.54, 1.807) is 0 Å².